The molecular formula is C11H15Cl2NO3. The molecular weight excluding hydrogens is 265 g/mol. The summed E-state index contributed by atoms with van der Waals surface area (Å²) in [5.74, 6) is -1.03. The second-order valence-electron chi connectivity index (χ2n) is 3.74. The van der Waals surface area contributed by atoms with Gasteiger partial charge in [0.2, 0.25) is 0 Å². The minimum Gasteiger partial charge on any atom is -0.546 e. The number of rotatable bonds is 3. The number of quaternary nitrogens is 1. The number of benzene rings is 1. The van der Waals surface area contributed by atoms with Gasteiger partial charge in [-0.1, -0.05) is 23.2 Å². The van der Waals surface area contributed by atoms with E-state index in [0.29, 0.717) is 5.02 Å². The highest BCUT2D eigenvalue weighted by Crippen LogP contribution is 2.27. The molecule has 1 aromatic carbocycles. The Balaban J connectivity index is 0.000000557. The first-order valence-electron chi connectivity index (χ1n) is 4.87. The Hall–Kier alpha value is -0.970. The second-order valence-corrected chi connectivity index (χ2v) is 4.58. The lowest BCUT2D eigenvalue weighted by Gasteiger charge is -2.07. The van der Waals surface area contributed by atoms with Gasteiger partial charge in [0, 0.05) is 5.02 Å². The van der Waals surface area contributed by atoms with Crippen molar-refractivity contribution in [1.29, 1.82) is 0 Å². The van der Waals surface area contributed by atoms with Gasteiger partial charge in [0.15, 0.2) is 0 Å². The first kappa shape index (κ1) is 16.0. The van der Waals surface area contributed by atoms with Crippen LogP contribution in [0.15, 0.2) is 18.2 Å². The number of ether oxygens (including phenoxy) is 1. The van der Waals surface area contributed by atoms with E-state index in [0.717, 1.165) is 0 Å². The zero-order valence-electron chi connectivity index (χ0n) is 9.92. The van der Waals surface area contributed by atoms with Crippen LogP contribution >= 0.6 is 23.2 Å². The summed E-state index contributed by atoms with van der Waals surface area (Å²) in [6.07, 6.45) is 0. The molecule has 0 unspecified atom stereocenters. The molecule has 0 atom stereocenters. The van der Waals surface area contributed by atoms with Gasteiger partial charge in [-0.15, -0.1) is 0 Å². The molecule has 0 aromatic heterocycles. The van der Waals surface area contributed by atoms with Gasteiger partial charge in [-0.25, -0.2) is 0 Å². The molecule has 6 heteroatoms. The fourth-order valence-corrected chi connectivity index (χ4v) is 1.19. The number of carboxylic acid groups (broad SMARTS) is 1. The highest BCUT2D eigenvalue weighted by molar-refractivity contribution is 6.35. The van der Waals surface area contributed by atoms with Crippen molar-refractivity contribution in [2.75, 3.05) is 27.7 Å². The maximum atomic E-state index is 10.0. The molecule has 0 saturated heterocycles. The smallest absolute Gasteiger partial charge is 0.138 e. The van der Waals surface area contributed by atoms with Gasteiger partial charge in [0.1, 0.15) is 12.4 Å². The lowest BCUT2D eigenvalue weighted by atomic mass is 10.3. The number of aliphatic carboxylic acids is 1. The Bertz CT molecular complexity index is 367. The van der Waals surface area contributed by atoms with Crippen molar-refractivity contribution < 1.29 is 19.5 Å². The van der Waals surface area contributed by atoms with Crippen molar-refractivity contribution >= 4 is 29.2 Å². The van der Waals surface area contributed by atoms with Crippen molar-refractivity contribution in [3.8, 4) is 5.75 Å². The van der Waals surface area contributed by atoms with Gasteiger partial charge >= 0.3 is 0 Å². The van der Waals surface area contributed by atoms with Gasteiger partial charge in [-0.3, -0.25) is 0 Å². The lowest BCUT2D eigenvalue weighted by molar-refractivity contribution is -0.836. The third kappa shape index (κ3) is 8.80. The van der Waals surface area contributed by atoms with Crippen LogP contribution in [0.4, 0.5) is 0 Å². The molecule has 1 rings (SSSR count). The number of hydrogen-bond acceptors (Lipinski definition) is 3. The van der Waals surface area contributed by atoms with Gasteiger partial charge < -0.3 is 19.5 Å². The molecule has 4 nitrogen and oxygen atoms in total. The van der Waals surface area contributed by atoms with Gasteiger partial charge in [-0.05, 0) is 18.2 Å². The predicted octanol–water partition coefficient (Wildman–Crippen LogP) is -0.117. The van der Waals surface area contributed by atoms with Crippen LogP contribution < -0.4 is 14.7 Å². The average molecular weight is 280 g/mol. The molecule has 0 saturated carbocycles. The summed E-state index contributed by atoms with van der Waals surface area (Å²) in [6, 6.07) is 4.51. The molecule has 0 aliphatic rings. The van der Waals surface area contributed by atoms with Crippen LogP contribution in [0.3, 0.4) is 0 Å². The fraction of sp³-hybridized carbons (Fsp3) is 0.364. The van der Waals surface area contributed by atoms with Crippen LogP contribution in [0.25, 0.3) is 0 Å². The van der Waals surface area contributed by atoms with E-state index >= 15 is 0 Å². The Morgan fingerprint density at radius 1 is 1.35 bits per heavy atom. The molecule has 0 amide bonds. The monoisotopic (exact) mass is 279 g/mol. The Morgan fingerprint density at radius 2 is 1.88 bits per heavy atom. The van der Waals surface area contributed by atoms with E-state index in [2.05, 4.69) is 21.1 Å². The quantitative estimate of drug-likeness (QED) is 0.840. The number of halogens is 2. The zero-order valence-corrected chi connectivity index (χ0v) is 11.4. The van der Waals surface area contributed by atoms with Crippen molar-refractivity contribution in [1.82, 2.24) is 0 Å². The summed E-state index contributed by atoms with van der Waals surface area (Å²) in [7, 11) is 6.25. The average Bonchev–Trinajstić information content (AvgIpc) is 2.15. The Labute approximate surface area is 111 Å². The van der Waals surface area contributed by atoms with Crippen LogP contribution in [-0.4, -0.2) is 33.7 Å². The number of carbonyl (C=O) groups is 1. The Morgan fingerprint density at radius 3 is 2.29 bits per heavy atom. The molecule has 0 radical (unpaired) electrons. The van der Waals surface area contributed by atoms with Gasteiger partial charge in [-0.2, -0.15) is 0 Å². The summed E-state index contributed by atoms with van der Waals surface area (Å²) in [6.45, 7) is -0.526. The molecule has 17 heavy (non-hydrogen) atoms. The zero-order chi connectivity index (χ0) is 13.4. The normalized spacial score (nSPS) is 9.53. The van der Waals surface area contributed by atoms with Crippen LogP contribution in [0.2, 0.25) is 10.0 Å². The molecule has 0 heterocycles. The predicted molar refractivity (Wildman–Crippen MR) is 65.7 cm³/mol. The Kier molecular flexibility index (Phi) is 7.70. The number of hydrogen-bond donors (Lipinski definition) is 1. The standard InChI is InChI=1S/C8H6Cl2O3.C3H9N/c9-5-1-2-7(6(10)3-5)13-4-8(11)12;1-4(2)3/h1-3H,4H2,(H,11,12);1-3H3. The van der Waals surface area contributed by atoms with Crippen molar-refractivity contribution in [3.05, 3.63) is 28.2 Å². The molecule has 0 bridgehead atoms. The second kappa shape index (κ2) is 8.17. The van der Waals surface area contributed by atoms with E-state index in [-0.39, 0.29) is 10.8 Å². The maximum Gasteiger partial charge on any atom is 0.138 e. The largest absolute Gasteiger partial charge is 0.546 e. The van der Waals surface area contributed by atoms with Crippen LogP contribution in [0.1, 0.15) is 0 Å². The summed E-state index contributed by atoms with van der Waals surface area (Å²) in [5, 5.41) is 10.8. The molecule has 0 spiro atoms. The van der Waals surface area contributed by atoms with Crippen LogP contribution in [0, 0.1) is 0 Å². The third-order valence-electron chi connectivity index (χ3n) is 1.24. The molecule has 0 aliphatic carbocycles. The number of carboxylic acids is 1. The van der Waals surface area contributed by atoms with Crippen molar-refractivity contribution in [2.24, 2.45) is 0 Å². The van der Waals surface area contributed by atoms with E-state index in [1.165, 1.54) is 17.0 Å². The highest BCUT2D eigenvalue weighted by atomic mass is 35.5. The molecule has 96 valence electrons. The third-order valence-corrected chi connectivity index (χ3v) is 1.77. The molecule has 0 aliphatic heterocycles. The van der Waals surface area contributed by atoms with Crippen LogP contribution in [0.5, 0.6) is 5.75 Å². The van der Waals surface area contributed by atoms with Crippen molar-refractivity contribution in [2.45, 2.75) is 0 Å². The van der Waals surface area contributed by atoms with E-state index in [1.54, 1.807) is 6.07 Å². The van der Waals surface area contributed by atoms with Gasteiger partial charge in [0.25, 0.3) is 0 Å². The summed E-state index contributed by atoms with van der Waals surface area (Å²) in [4.78, 5) is 11.5. The van der Waals surface area contributed by atoms with E-state index in [9.17, 15) is 9.90 Å². The minimum absolute atomic E-state index is 0.272. The minimum atomic E-state index is -1.30. The fourth-order valence-electron chi connectivity index (χ4n) is 0.729. The molecule has 0 fully saturated rings. The maximum absolute atomic E-state index is 10.0. The number of carbonyl (C=O) groups excluding carboxylic acids is 1. The topological polar surface area (TPSA) is 53.8 Å². The molecule has 1 aromatic rings. The van der Waals surface area contributed by atoms with E-state index in [1.807, 2.05) is 0 Å². The number of nitrogens with one attached hydrogen (secondary N) is 1. The van der Waals surface area contributed by atoms with E-state index in [4.69, 9.17) is 27.9 Å². The first-order valence-corrected chi connectivity index (χ1v) is 5.63. The SMILES string of the molecule is C[NH+](C)C.O=C([O-])COc1ccc(Cl)cc1Cl. The highest BCUT2D eigenvalue weighted by Gasteiger charge is 2.01. The van der Waals surface area contributed by atoms with Crippen LogP contribution in [-0.2, 0) is 4.79 Å². The molecule has 1 N–H and O–H groups in total. The lowest BCUT2D eigenvalue weighted by Crippen LogP contribution is -3.02. The summed E-state index contributed by atoms with van der Waals surface area (Å²) in [5.41, 5.74) is 0. The van der Waals surface area contributed by atoms with Gasteiger partial charge in [0.05, 0.1) is 32.1 Å². The first-order chi connectivity index (χ1) is 7.82. The van der Waals surface area contributed by atoms with Crippen molar-refractivity contribution in [3.63, 3.8) is 0 Å². The summed E-state index contributed by atoms with van der Waals surface area (Å²) >= 11 is 11.3. The van der Waals surface area contributed by atoms with E-state index < -0.39 is 12.6 Å². The summed E-state index contributed by atoms with van der Waals surface area (Å²) < 4.78 is 4.80.